The topological polar surface area (TPSA) is 66.9 Å². The highest BCUT2D eigenvalue weighted by Gasteiger charge is 2.07. The van der Waals surface area contributed by atoms with E-state index in [1.807, 2.05) is 0 Å². The van der Waals surface area contributed by atoms with Gasteiger partial charge in [0, 0.05) is 12.2 Å². The van der Waals surface area contributed by atoms with Crippen molar-refractivity contribution < 1.29 is 9.18 Å². The maximum absolute atomic E-state index is 13.0. The molecule has 0 bridgehead atoms. The Balaban J connectivity index is 2.06. The van der Waals surface area contributed by atoms with Crippen molar-refractivity contribution in [2.45, 2.75) is 0 Å². The van der Waals surface area contributed by atoms with Gasteiger partial charge in [0.25, 0.3) is 5.91 Å². The second-order valence-corrected chi connectivity index (χ2v) is 4.46. The summed E-state index contributed by atoms with van der Waals surface area (Å²) >= 11 is 5.68. The Morgan fingerprint density at radius 1 is 1.33 bits per heavy atom. The lowest BCUT2D eigenvalue weighted by Gasteiger charge is -2.06. The van der Waals surface area contributed by atoms with Gasteiger partial charge in [-0.3, -0.25) is 4.79 Å². The predicted octanol–water partition coefficient (Wildman–Crippen LogP) is 2.93. The highest BCUT2D eigenvalue weighted by molar-refractivity contribution is 6.31. The van der Waals surface area contributed by atoms with Crippen molar-refractivity contribution in [2.24, 2.45) is 0 Å². The molecular formula is C14H12ClFN4O. The fourth-order valence-corrected chi connectivity index (χ4v) is 1.68. The average molecular weight is 307 g/mol. The van der Waals surface area contributed by atoms with Gasteiger partial charge in [0.15, 0.2) is 11.5 Å². The van der Waals surface area contributed by atoms with E-state index in [2.05, 4.69) is 27.4 Å². The second kappa shape index (κ2) is 6.81. The van der Waals surface area contributed by atoms with Crippen LogP contribution >= 0.6 is 11.6 Å². The first-order valence-corrected chi connectivity index (χ1v) is 6.43. The van der Waals surface area contributed by atoms with Gasteiger partial charge in [-0.05, 0) is 30.3 Å². The number of hydrogen-bond donors (Lipinski definition) is 2. The molecule has 0 aliphatic heterocycles. The third-order valence-corrected chi connectivity index (χ3v) is 2.79. The lowest BCUT2D eigenvalue weighted by atomic mass is 10.3. The normalized spacial score (nSPS) is 10.0. The molecule has 2 N–H and O–H groups in total. The lowest BCUT2D eigenvalue weighted by molar-refractivity contribution is 0.0952. The van der Waals surface area contributed by atoms with Crippen molar-refractivity contribution in [1.29, 1.82) is 0 Å². The minimum Gasteiger partial charge on any atom is -0.347 e. The summed E-state index contributed by atoms with van der Waals surface area (Å²) in [7, 11) is 0. The first-order chi connectivity index (χ1) is 10.1. The Bertz CT molecular complexity index is 661. The molecule has 1 heterocycles. The molecule has 0 fully saturated rings. The fraction of sp³-hybridized carbons (Fsp3) is 0.0714. The molecule has 0 saturated carbocycles. The van der Waals surface area contributed by atoms with Gasteiger partial charge in [-0.25, -0.2) is 4.39 Å². The Morgan fingerprint density at radius 2 is 2.14 bits per heavy atom. The molecule has 0 unspecified atom stereocenters. The van der Waals surface area contributed by atoms with E-state index in [4.69, 9.17) is 11.6 Å². The number of halogens is 2. The number of carbonyl (C=O) groups is 1. The third kappa shape index (κ3) is 4.00. The second-order valence-electron chi connectivity index (χ2n) is 4.06. The van der Waals surface area contributed by atoms with Crippen molar-refractivity contribution >= 4 is 29.0 Å². The summed E-state index contributed by atoms with van der Waals surface area (Å²) in [6, 6.07) is 7.32. The Hall–Kier alpha value is -2.47. The SMILES string of the molecule is C=CCNC(=O)c1ccc(Nc2ccc(F)c(Cl)c2)nn1. The van der Waals surface area contributed by atoms with E-state index in [1.54, 1.807) is 12.1 Å². The number of carbonyl (C=O) groups excluding carboxylic acids is 1. The van der Waals surface area contributed by atoms with Crippen LogP contribution in [0.4, 0.5) is 15.9 Å². The van der Waals surface area contributed by atoms with Crippen LogP contribution in [0.1, 0.15) is 10.5 Å². The molecule has 21 heavy (non-hydrogen) atoms. The van der Waals surface area contributed by atoms with E-state index in [-0.39, 0.29) is 16.6 Å². The number of aromatic nitrogens is 2. The molecule has 5 nitrogen and oxygen atoms in total. The molecule has 2 rings (SSSR count). The standard InChI is InChI=1S/C14H12ClFN4O/c1-2-7-17-14(21)12-5-6-13(20-19-12)18-9-3-4-11(16)10(15)8-9/h2-6,8H,1,7H2,(H,17,21)(H,18,20). The predicted molar refractivity (Wildman–Crippen MR) is 79.3 cm³/mol. The molecular weight excluding hydrogens is 295 g/mol. The number of nitrogens with one attached hydrogen (secondary N) is 2. The Morgan fingerprint density at radius 3 is 2.76 bits per heavy atom. The summed E-state index contributed by atoms with van der Waals surface area (Å²) in [6.07, 6.45) is 1.57. The van der Waals surface area contributed by atoms with E-state index in [0.29, 0.717) is 18.1 Å². The minimum atomic E-state index is -0.498. The van der Waals surface area contributed by atoms with Gasteiger partial charge in [0.2, 0.25) is 0 Å². The van der Waals surface area contributed by atoms with Crippen LogP contribution < -0.4 is 10.6 Å². The van der Waals surface area contributed by atoms with Crippen molar-refractivity contribution in [2.75, 3.05) is 11.9 Å². The summed E-state index contributed by atoms with van der Waals surface area (Å²) < 4.78 is 13.0. The lowest BCUT2D eigenvalue weighted by Crippen LogP contribution is -2.24. The van der Waals surface area contributed by atoms with Crippen LogP contribution in [-0.4, -0.2) is 22.6 Å². The van der Waals surface area contributed by atoms with E-state index >= 15 is 0 Å². The zero-order chi connectivity index (χ0) is 15.2. The van der Waals surface area contributed by atoms with Crippen LogP contribution in [0.2, 0.25) is 5.02 Å². The average Bonchev–Trinajstić information content (AvgIpc) is 2.49. The highest BCUT2D eigenvalue weighted by Crippen LogP contribution is 2.21. The van der Waals surface area contributed by atoms with Gasteiger partial charge in [-0.1, -0.05) is 17.7 Å². The first kappa shape index (κ1) is 14.9. The van der Waals surface area contributed by atoms with Crippen LogP contribution in [0, 0.1) is 5.82 Å². The number of rotatable bonds is 5. The van der Waals surface area contributed by atoms with Crippen LogP contribution in [-0.2, 0) is 0 Å². The first-order valence-electron chi connectivity index (χ1n) is 6.05. The maximum atomic E-state index is 13.0. The smallest absolute Gasteiger partial charge is 0.272 e. The Labute approximate surface area is 125 Å². The molecule has 0 saturated heterocycles. The number of nitrogens with zero attached hydrogens (tertiary/aromatic N) is 2. The van der Waals surface area contributed by atoms with Gasteiger partial charge < -0.3 is 10.6 Å². The van der Waals surface area contributed by atoms with Gasteiger partial charge in [-0.15, -0.1) is 16.8 Å². The van der Waals surface area contributed by atoms with Crippen LogP contribution in [0.5, 0.6) is 0 Å². The summed E-state index contributed by atoms with van der Waals surface area (Å²) in [5.74, 6) is -0.417. The van der Waals surface area contributed by atoms with E-state index in [9.17, 15) is 9.18 Å². The Kier molecular flexibility index (Phi) is 4.84. The molecule has 7 heteroatoms. The molecule has 0 radical (unpaired) electrons. The molecule has 1 aromatic carbocycles. The zero-order valence-electron chi connectivity index (χ0n) is 10.9. The fourth-order valence-electron chi connectivity index (χ4n) is 1.50. The summed E-state index contributed by atoms with van der Waals surface area (Å²) in [5, 5.41) is 13.2. The van der Waals surface area contributed by atoms with Crippen LogP contribution in [0.25, 0.3) is 0 Å². The molecule has 108 valence electrons. The molecule has 0 aliphatic rings. The molecule has 0 spiro atoms. The molecule has 2 aromatic rings. The van der Waals surface area contributed by atoms with Crippen LogP contribution in [0.3, 0.4) is 0 Å². The summed E-state index contributed by atoms with van der Waals surface area (Å²) in [5.41, 5.74) is 0.763. The van der Waals surface area contributed by atoms with E-state index < -0.39 is 5.82 Å². The molecule has 0 aliphatic carbocycles. The maximum Gasteiger partial charge on any atom is 0.272 e. The van der Waals surface area contributed by atoms with Crippen molar-refractivity contribution in [3.63, 3.8) is 0 Å². The summed E-state index contributed by atoms with van der Waals surface area (Å²) in [4.78, 5) is 11.6. The quantitative estimate of drug-likeness (QED) is 0.834. The van der Waals surface area contributed by atoms with Gasteiger partial charge in [0.1, 0.15) is 5.82 Å². The summed E-state index contributed by atoms with van der Waals surface area (Å²) in [6.45, 7) is 3.86. The highest BCUT2D eigenvalue weighted by atomic mass is 35.5. The monoisotopic (exact) mass is 306 g/mol. The minimum absolute atomic E-state index is 0.00776. The van der Waals surface area contributed by atoms with Crippen LogP contribution in [0.15, 0.2) is 43.0 Å². The number of benzene rings is 1. The van der Waals surface area contributed by atoms with Crippen molar-refractivity contribution in [1.82, 2.24) is 15.5 Å². The zero-order valence-corrected chi connectivity index (χ0v) is 11.7. The van der Waals surface area contributed by atoms with Gasteiger partial charge >= 0.3 is 0 Å². The number of anilines is 2. The van der Waals surface area contributed by atoms with Gasteiger partial charge in [-0.2, -0.15) is 0 Å². The van der Waals surface area contributed by atoms with Crippen molar-refractivity contribution in [3.05, 3.63) is 59.5 Å². The van der Waals surface area contributed by atoms with E-state index in [0.717, 1.165) is 0 Å². The molecule has 1 amide bonds. The third-order valence-electron chi connectivity index (χ3n) is 2.50. The van der Waals surface area contributed by atoms with Gasteiger partial charge in [0.05, 0.1) is 5.02 Å². The molecule has 1 aromatic heterocycles. The molecule has 0 atom stereocenters. The largest absolute Gasteiger partial charge is 0.347 e. The van der Waals surface area contributed by atoms with E-state index in [1.165, 1.54) is 24.3 Å². The number of hydrogen-bond acceptors (Lipinski definition) is 4. The number of amides is 1. The van der Waals surface area contributed by atoms with Crippen molar-refractivity contribution in [3.8, 4) is 0 Å².